The van der Waals surface area contributed by atoms with Gasteiger partial charge in [0.2, 0.25) is 0 Å². The van der Waals surface area contributed by atoms with E-state index in [9.17, 15) is 4.79 Å². The van der Waals surface area contributed by atoms with Crippen LogP contribution >= 0.6 is 11.6 Å². The number of halogens is 1. The summed E-state index contributed by atoms with van der Waals surface area (Å²) in [5.41, 5.74) is 4.61. The van der Waals surface area contributed by atoms with Crippen LogP contribution in [0.2, 0.25) is 5.02 Å². The van der Waals surface area contributed by atoms with Gasteiger partial charge in [-0.25, -0.2) is 0 Å². The Kier molecular flexibility index (Phi) is 6.14. The molecule has 1 amide bonds. The largest absolute Gasteiger partial charge is 0.381 e. The Balaban J connectivity index is 1.65. The van der Waals surface area contributed by atoms with Gasteiger partial charge < -0.3 is 10.2 Å². The minimum atomic E-state index is 0.0447. The summed E-state index contributed by atoms with van der Waals surface area (Å²) in [6.07, 6.45) is 2.83. The van der Waals surface area contributed by atoms with Gasteiger partial charge in [-0.2, -0.15) is 5.10 Å². The van der Waals surface area contributed by atoms with Crippen LogP contribution in [0.1, 0.15) is 29.3 Å². The SMILES string of the molecule is CCCN(C)C(=O)c1ccc(NCc2c[nH]nc2-c2ccc(Cl)cc2)cc1. The second-order valence-electron chi connectivity index (χ2n) is 6.42. The van der Waals surface area contributed by atoms with E-state index in [4.69, 9.17) is 11.6 Å². The third-order valence-corrected chi connectivity index (χ3v) is 4.61. The first-order valence-corrected chi connectivity index (χ1v) is 9.34. The van der Waals surface area contributed by atoms with Crippen molar-refractivity contribution in [3.63, 3.8) is 0 Å². The molecule has 0 aliphatic heterocycles. The zero-order valence-electron chi connectivity index (χ0n) is 15.5. The molecule has 0 atom stereocenters. The molecule has 3 rings (SSSR count). The molecule has 0 saturated heterocycles. The van der Waals surface area contributed by atoms with Crippen molar-refractivity contribution in [1.82, 2.24) is 15.1 Å². The van der Waals surface area contributed by atoms with Gasteiger partial charge in [0.05, 0.1) is 5.69 Å². The van der Waals surface area contributed by atoms with Crippen LogP contribution in [0.5, 0.6) is 0 Å². The van der Waals surface area contributed by atoms with Crippen LogP contribution in [0.4, 0.5) is 5.69 Å². The molecule has 0 unspecified atom stereocenters. The van der Waals surface area contributed by atoms with Crippen molar-refractivity contribution in [3.8, 4) is 11.3 Å². The van der Waals surface area contributed by atoms with Gasteiger partial charge in [0.1, 0.15) is 0 Å². The maximum atomic E-state index is 12.3. The molecule has 3 aromatic rings. The highest BCUT2D eigenvalue weighted by Gasteiger charge is 2.11. The number of benzene rings is 2. The molecule has 0 aliphatic rings. The summed E-state index contributed by atoms with van der Waals surface area (Å²) in [7, 11) is 1.83. The lowest BCUT2D eigenvalue weighted by Crippen LogP contribution is -2.27. The zero-order chi connectivity index (χ0) is 19.2. The molecule has 5 nitrogen and oxygen atoms in total. The lowest BCUT2D eigenvalue weighted by Gasteiger charge is -2.16. The fraction of sp³-hybridized carbons (Fsp3) is 0.238. The molecule has 140 valence electrons. The Hall–Kier alpha value is -2.79. The molecule has 0 saturated carbocycles. The molecular formula is C21H23ClN4O. The summed E-state index contributed by atoms with van der Waals surface area (Å²) in [5.74, 6) is 0.0447. The van der Waals surface area contributed by atoms with E-state index in [2.05, 4.69) is 22.4 Å². The Labute approximate surface area is 164 Å². The maximum absolute atomic E-state index is 12.3. The summed E-state index contributed by atoms with van der Waals surface area (Å²) in [4.78, 5) is 14.0. The van der Waals surface area contributed by atoms with Crippen molar-refractivity contribution in [2.24, 2.45) is 0 Å². The number of nitrogens with one attached hydrogen (secondary N) is 2. The minimum Gasteiger partial charge on any atom is -0.381 e. The summed E-state index contributed by atoms with van der Waals surface area (Å²) in [6.45, 7) is 3.44. The molecule has 27 heavy (non-hydrogen) atoms. The summed E-state index contributed by atoms with van der Waals surface area (Å²) >= 11 is 5.96. The van der Waals surface area contributed by atoms with E-state index in [0.717, 1.165) is 35.5 Å². The Morgan fingerprint density at radius 3 is 2.52 bits per heavy atom. The summed E-state index contributed by atoms with van der Waals surface area (Å²) in [6, 6.07) is 15.2. The van der Waals surface area contributed by atoms with Crippen molar-refractivity contribution >= 4 is 23.2 Å². The van der Waals surface area contributed by atoms with Gasteiger partial charge in [0, 0.05) is 53.7 Å². The van der Waals surface area contributed by atoms with Crippen LogP contribution in [-0.4, -0.2) is 34.6 Å². The maximum Gasteiger partial charge on any atom is 0.253 e. The third kappa shape index (κ3) is 4.68. The lowest BCUT2D eigenvalue weighted by atomic mass is 10.1. The fourth-order valence-corrected chi connectivity index (χ4v) is 3.02. The molecule has 0 spiro atoms. The number of hydrogen-bond acceptors (Lipinski definition) is 3. The number of aromatic nitrogens is 2. The van der Waals surface area contributed by atoms with Crippen molar-refractivity contribution in [3.05, 3.63) is 70.9 Å². The van der Waals surface area contributed by atoms with E-state index in [-0.39, 0.29) is 5.91 Å². The lowest BCUT2D eigenvalue weighted by molar-refractivity contribution is 0.0795. The van der Waals surface area contributed by atoms with Gasteiger partial charge in [-0.05, 0) is 42.8 Å². The predicted molar refractivity (Wildman–Crippen MR) is 110 cm³/mol. The van der Waals surface area contributed by atoms with Crippen molar-refractivity contribution in [2.45, 2.75) is 19.9 Å². The van der Waals surface area contributed by atoms with Crippen LogP contribution in [-0.2, 0) is 6.54 Å². The van der Waals surface area contributed by atoms with Crippen LogP contribution < -0.4 is 5.32 Å². The number of carbonyl (C=O) groups excluding carboxylic acids is 1. The average molecular weight is 383 g/mol. The highest BCUT2D eigenvalue weighted by Crippen LogP contribution is 2.23. The molecule has 0 aliphatic carbocycles. The van der Waals surface area contributed by atoms with Gasteiger partial charge in [-0.15, -0.1) is 0 Å². The highest BCUT2D eigenvalue weighted by molar-refractivity contribution is 6.30. The number of hydrogen-bond donors (Lipinski definition) is 2. The molecule has 1 aromatic heterocycles. The van der Waals surface area contributed by atoms with E-state index in [1.807, 2.05) is 61.8 Å². The van der Waals surface area contributed by atoms with E-state index in [1.54, 1.807) is 4.90 Å². The first-order chi connectivity index (χ1) is 13.1. The van der Waals surface area contributed by atoms with E-state index < -0.39 is 0 Å². The summed E-state index contributed by atoms with van der Waals surface area (Å²) in [5, 5.41) is 11.3. The Bertz CT molecular complexity index is 887. The quantitative estimate of drug-likeness (QED) is 0.615. The van der Waals surface area contributed by atoms with E-state index >= 15 is 0 Å². The van der Waals surface area contributed by atoms with Gasteiger partial charge >= 0.3 is 0 Å². The van der Waals surface area contributed by atoms with Gasteiger partial charge in [-0.3, -0.25) is 9.89 Å². The highest BCUT2D eigenvalue weighted by atomic mass is 35.5. The molecule has 2 aromatic carbocycles. The topological polar surface area (TPSA) is 61.0 Å². The third-order valence-electron chi connectivity index (χ3n) is 4.36. The molecule has 6 heteroatoms. The van der Waals surface area contributed by atoms with Gasteiger partial charge in [0.25, 0.3) is 5.91 Å². The monoisotopic (exact) mass is 382 g/mol. The van der Waals surface area contributed by atoms with Crippen LogP contribution in [0.25, 0.3) is 11.3 Å². The van der Waals surface area contributed by atoms with Crippen molar-refractivity contribution in [1.29, 1.82) is 0 Å². The number of amides is 1. The standard InChI is InChI=1S/C21H23ClN4O/c1-3-12-26(2)21(27)16-6-10-19(11-7-16)23-13-17-14-24-25-20(17)15-4-8-18(22)9-5-15/h4-11,14,23H,3,12-13H2,1-2H3,(H,24,25). The normalized spacial score (nSPS) is 10.6. The smallest absolute Gasteiger partial charge is 0.253 e. The number of carbonyl (C=O) groups is 1. The molecule has 0 fully saturated rings. The van der Waals surface area contributed by atoms with E-state index in [0.29, 0.717) is 17.1 Å². The van der Waals surface area contributed by atoms with Crippen molar-refractivity contribution < 1.29 is 4.79 Å². The summed E-state index contributed by atoms with van der Waals surface area (Å²) < 4.78 is 0. The minimum absolute atomic E-state index is 0.0447. The average Bonchev–Trinajstić information content (AvgIpc) is 3.15. The number of aromatic amines is 1. The van der Waals surface area contributed by atoms with Gasteiger partial charge in [0.15, 0.2) is 0 Å². The van der Waals surface area contributed by atoms with Crippen LogP contribution in [0.3, 0.4) is 0 Å². The zero-order valence-corrected chi connectivity index (χ0v) is 16.3. The number of rotatable bonds is 7. The van der Waals surface area contributed by atoms with Crippen LogP contribution in [0, 0.1) is 0 Å². The van der Waals surface area contributed by atoms with Crippen LogP contribution in [0.15, 0.2) is 54.7 Å². The number of H-pyrrole nitrogens is 1. The molecular weight excluding hydrogens is 360 g/mol. The van der Waals surface area contributed by atoms with E-state index in [1.165, 1.54) is 0 Å². The molecule has 1 heterocycles. The molecule has 0 radical (unpaired) electrons. The van der Waals surface area contributed by atoms with Gasteiger partial charge in [-0.1, -0.05) is 30.7 Å². The Morgan fingerprint density at radius 1 is 1.15 bits per heavy atom. The first-order valence-electron chi connectivity index (χ1n) is 8.96. The fourth-order valence-electron chi connectivity index (χ4n) is 2.89. The molecule has 2 N–H and O–H groups in total. The predicted octanol–water partition coefficient (Wildman–Crippen LogP) is 4.82. The first kappa shape index (κ1) is 19.0. The second-order valence-corrected chi connectivity index (χ2v) is 6.86. The number of anilines is 1. The Morgan fingerprint density at radius 2 is 1.85 bits per heavy atom. The van der Waals surface area contributed by atoms with Crippen molar-refractivity contribution in [2.75, 3.05) is 18.9 Å². The number of nitrogens with zero attached hydrogens (tertiary/aromatic N) is 2. The molecule has 0 bridgehead atoms. The second kappa shape index (κ2) is 8.73.